The first-order valence-corrected chi connectivity index (χ1v) is 7.30. The highest BCUT2D eigenvalue weighted by molar-refractivity contribution is 7.23. The highest BCUT2D eigenvalue weighted by atomic mass is 32.1. The zero-order valence-corrected chi connectivity index (χ0v) is 11.8. The van der Waals surface area contributed by atoms with Gasteiger partial charge in [0.15, 0.2) is 5.82 Å². The number of rotatable bonds is 2. The maximum absolute atomic E-state index is 13.3. The second-order valence-corrected chi connectivity index (χ2v) is 5.77. The Kier molecular flexibility index (Phi) is 2.73. The number of halogens is 1. The fourth-order valence-electron chi connectivity index (χ4n) is 2.38. The van der Waals surface area contributed by atoms with Gasteiger partial charge < -0.3 is 5.73 Å². The summed E-state index contributed by atoms with van der Waals surface area (Å²) in [7, 11) is 0. The molecule has 21 heavy (non-hydrogen) atoms. The van der Waals surface area contributed by atoms with E-state index in [0.717, 1.165) is 32.1 Å². The zero-order valence-electron chi connectivity index (χ0n) is 11.0. The van der Waals surface area contributed by atoms with Crippen molar-refractivity contribution in [1.82, 2.24) is 14.6 Å². The molecule has 2 aromatic carbocycles. The van der Waals surface area contributed by atoms with Crippen LogP contribution in [0, 0.1) is 5.82 Å². The van der Waals surface area contributed by atoms with Crippen molar-refractivity contribution in [2.75, 3.05) is 0 Å². The molecule has 4 nitrogen and oxygen atoms in total. The van der Waals surface area contributed by atoms with Crippen LogP contribution in [0.3, 0.4) is 0 Å². The topological polar surface area (TPSA) is 56.2 Å². The molecule has 0 saturated carbocycles. The van der Waals surface area contributed by atoms with Gasteiger partial charge in [0, 0.05) is 12.1 Å². The van der Waals surface area contributed by atoms with E-state index < -0.39 is 0 Å². The van der Waals surface area contributed by atoms with Crippen molar-refractivity contribution in [1.29, 1.82) is 0 Å². The predicted octanol–water partition coefficient (Wildman–Crippen LogP) is 3.21. The molecule has 4 rings (SSSR count). The molecule has 2 N–H and O–H groups in total. The average molecular weight is 298 g/mol. The van der Waals surface area contributed by atoms with Crippen LogP contribution in [0.1, 0.15) is 5.56 Å². The molecule has 0 aliphatic rings. The Morgan fingerprint density at radius 1 is 1.10 bits per heavy atom. The van der Waals surface area contributed by atoms with E-state index in [-0.39, 0.29) is 5.82 Å². The van der Waals surface area contributed by atoms with E-state index in [4.69, 9.17) is 5.73 Å². The Bertz CT molecular complexity index is 940. The van der Waals surface area contributed by atoms with Crippen LogP contribution >= 0.6 is 11.3 Å². The minimum atomic E-state index is -0.242. The highest BCUT2D eigenvalue weighted by Gasteiger charge is 2.14. The summed E-state index contributed by atoms with van der Waals surface area (Å²) in [6, 6.07) is 12.6. The van der Waals surface area contributed by atoms with Gasteiger partial charge in [-0.2, -0.15) is 0 Å². The molecule has 4 aromatic rings. The van der Waals surface area contributed by atoms with E-state index in [2.05, 4.69) is 10.2 Å². The molecule has 0 spiro atoms. The van der Waals surface area contributed by atoms with Gasteiger partial charge in [0.2, 0.25) is 4.96 Å². The third-order valence-electron chi connectivity index (χ3n) is 3.45. The summed E-state index contributed by atoms with van der Waals surface area (Å²) in [5.41, 5.74) is 8.56. The maximum Gasteiger partial charge on any atom is 0.217 e. The number of nitrogens with two attached hydrogens (primary N) is 1. The van der Waals surface area contributed by atoms with Crippen molar-refractivity contribution in [3.05, 3.63) is 53.8 Å². The Hall–Kier alpha value is -2.31. The summed E-state index contributed by atoms with van der Waals surface area (Å²) >= 11 is 1.43. The van der Waals surface area contributed by atoms with Crippen LogP contribution in [-0.4, -0.2) is 14.6 Å². The van der Waals surface area contributed by atoms with E-state index in [1.54, 1.807) is 6.07 Å². The largest absolute Gasteiger partial charge is 0.326 e. The van der Waals surface area contributed by atoms with Gasteiger partial charge in [0.25, 0.3) is 0 Å². The number of benzene rings is 2. The van der Waals surface area contributed by atoms with Crippen LogP contribution in [-0.2, 0) is 6.54 Å². The molecule has 0 fully saturated rings. The number of hydrogen-bond acceptors (Lipinski definition) is 4. The molecule has 0 bridgehead atoms. The van der Waals surface area contributed by atoms with Gasteiger partial charge in [0.05, 0.1) is 10.2 Å². The number of hydrogen-bond donors (Lipinski definition) is 1. The summed E-state index contributed by atoms with van der Waals surface area (Å²) in [5, 5.41) is 8.44. The summed E-state index contributed by atoms with van der Waals surface area (Å²) < 4.78 is 16.1. The van der Waals surface area contributed by atoms with Gasteiger partial charge in [-0.05, 0) is 23.8 Å². The summed E-state index contributed by atoms with van der Waals surface area (Å²) in [6.07, 6.45) is 0. The molecular weight excluding hydrogens is 287 g/mol. The van der Waals surface area contributed by atoms with Gasteiger partial charge in [-0.15, -0.1) is 10.2 Å². The van der Waals surface area contributed by atoms with Crippen LogP contribution < -0.4 is 5.73 Å². The van der Waals surface area contributed by atoms with Gasteiger partial charge in [-0.25, -0.2) is 4.39 Å². The van der Waals surface area contributed by atoms with Gasteiger partial charge in [-0.1, -0.05) is 35.6 Å². The molecule has 0 aliphatic heterocycles. The van der Waals surface area contributed by atoms with E-state index in [9.17, 15) is 4.39 Å². The lowest BCUT2D eigenvalue weighted by Gasteiger charge is -2.01. The zero-order chi connectivity index (χ0) is 14.4. The molecule has 6 heteroatoms. The van der Waals surface area contributed by atoms with Crippen molar-refractivity contribution in [3.8, 4) is 11.4 Å². The average Bonchev–Trinajstić information content (AvgIpc) is 3.05. The molecule has 0 amide bonds. The third kappa shape index (κ3) is 1.91. The Morgan fingerprint density at radius 2 is 1.90 bits per heavy atom. The van der Waals surface area contributed by atoms with Gasteiger partial charge in [0.1, 0.15) is 5.82 Å². The van der Waals surface area contributed by atoms with Gasteiger partial charge in [-0.3, -0.25) is 4.40 Å². The van der Waals surface area contributed by atoms with Crippen molar-refractivity contribution in [2.24, 2.45) is 5.73 Å². The summed E-state index contributed by atoms with van der Waals surface area (Å²) in [4.78, 5) is 0.758. The second-order valence-electron chi connectivity index (χ2n) is 4.76. The molecule has 0 atom stereocenters. The standard InChI is InChI=1S/C15H11FN4S/c16-11-5-6-12-13(7-11)21-15-19-18-14(20(12)15)10-3-1-9(8-17)2-4-10/h1-7H,8,17H2. The minimum absolute atomic E-state index is 0.242. The Labute approximate surface area is 123 Å². The van der Waals surface area contributed by atoms with E-state index in [0.29, 0.717) is 6.54 Å². The van der Waals surface area contributed by atoms with Crippen LogP contribution in [0.2, 0.25) is 0 Å². The molecular formula is C15H11FN4S. The van der Waals surface area contributed by atoms with Crippen LogP contribution in [0.5, 0.6) is 0 Å². The van der Waals surface area contributed by atoms with Crippen LogP contribution in [0.4, 0.5) is 4.39 Å². The fraction of sp³-hybridized carbons (Fsp3) is 0.0667. The Morgan fingerprint density at radius 3 is 2.67 bits per heavy atom. The first-order valence-electron chi connectivity index (χ1n) is 6.49. The van der Waals surface area contributed by atoms with E-state index in [1.807, 2.05) is 28.7 Å². The maximum atomic E-state index is 13.3. The number of nitrogens with zero attached hydrogens (tertiary/aromatic N) is 3. The van der Waals surface area contributed by atoms with E-state index in [1.165, 1.54) is 23.5 Å². The normalized spacial score (nSPS) is 11.5. The van der Waals surface area contributed by atoms with Crippen LogP contribution in [0.15, 0.2) is 42.5 Å². The van der Waals surface area contributed by atoms with Crippen molar-refractivity contribution >= 4 is 26.5 Å². The second kappa shape index (κ2) is 4.61. The predicted molar refractivity (Wildman–Crippen MR) is 81.7 cm³/mol. The van der Waals surface area contributed by atoms with Crippen molar-refractivity contribution in [2.45, 2.75) is 6.54 Å². The molecule has 0 saturated heterocycles. The number of fused-ring (bicyclic) bond motifs is 3. The van der Waals surface area contributed by atoms with Gasteiger partial charge >= 0.3 is 0 Å². The lowest BCUT2D eigenvalue weighted by atomic mass is 10.1. The minimum Gasteiger partial charge on any atom is -0.326 e. The first-order chi connectivity index (χ1) is 10.3. The highest BCUT2D eigenvalue weighted by Crippen LogP contribution is 2.30. The lowest BCUT2D eigenvalue weighted by molar-refractivity contribution is 0.630. The lowest BCUT2D eigenvalue weighted by Crippen LogP contribution is -1.96. The van der Waals surface area contributed by atoms with Crippen molar-refractivity contribution < 1.29 is 4.39 Å². The third-order valence-corrected chi connectivity index (χ3v) is 4.44. The summed E-state index contributed by atoms with van der Waals surface area (Å²) in [5.74, 6) is 0.514. The summed E-state index contributed by atoms with van der Waals surface area (Å²) in [6.45, 7) is 0.510. The first kappa shape index (κ1) is 12.4. The smallest absolute Gasteiger partial charge is 0.217 e. The molecule has 2 aromatic heterocycles. The van der Waals surface area contributed by atoms with E-state index >= 15 is 0 Å². The quantitative estimate of drug-likeness (QED) is 0.618. The fourth-order valence-corrected chi connectivity index (χ4v) is 3.37. The Balaban J connectivity index is 1.97. The molecule has 0 radical (unpaired) electrons. The number of thiazole rings is 1. The SMILES string of the molecule is NCc1ccc(-c2nnc3sc4cc(F)ccc4n23)cc1. The van der Waals surface area contributed by atoms with Crippen LogP contribution in [0.25, 0.3) is 26.6 Å². The van der Waals surface area contributed by atoms with Crippen molar-refractivity contribution in [3.63, 3.8) is 0 Å². The number of aromatic nitrogens is 3. The molecule has 104 valence electrons. The molecule has 0 aliphatic carbocycles. The monoisotopic (exact) mass is 298 g/mol. The molecule has 2 heterocycles. The molecule has 0 unspecified atom stereocenters.